The number of benzene rings is 1. The van der Waals surface area contributed by atoms with Gasteiger partial charge in [-0.2, -0.15) is 0 Å². The summed E-state index contributed by atoms with van der Waals surface area (Å²) in [6.07, 6.45) is 1.88. The second kappa shape index (κ2) is 5.07. The lowest BCUT2D eigenvalue weighted by Gasteiger charge is -2.27. The Kier molecular flexibility index (Phi) is 3.67. The first-order valence-electron chi connectivity index (χ1n) is 6.03. The van der Waals surface area contributed by atoms with Gasteiger partial charge in [0.25, 0.3) is 5.95 Å². The standard InChI is InChI=1S/C15H17ClO2/c1-9(2)14-10(3)8-12(15(17)18-14)11-6-4-5-7-13(11)16/h4-9,14,17H,1-3H3. The van der Waals surface area contributed by atoms with Gasteiger partial charge in [0.2, 0.25) is 0 Å². The number of halogens is 1. The molecule has 3 heteroatoms. The molecule has 96 valence electrons. The fourth-order valence-corrected chi connectivity index (χ4v) is 2.42. The number of hydrogen-bond acceptors (Lipinski definition) is 2. The molecule has 1 unspecified atom stereocenters. The van der Waals surface area contributed by atoms with Gasteiger partial charge in [0, 0.05) is 10.6 Å². The Morgan fingerprint density at radius 3 is 2.56 bits per heavy atom. The van der Waals surface area contributed by atoms with Gasteiger partial charge in [0.05, 0.1) is 5.57 Å². The minimum absolute atomic E-state index is 0.0487. The lowest BCUT2D eigenvalue weighted by Crippen LogP contribution is -2.24. The Hall–Kier alpha value is -1.41. The SMILES string of the molecule is CC1=CC(c2ccccc2Cl)=C(O)OC1C(C)C. The monoisotopic (exact) mass is 264 g/mol. The highest BCUT2D eigenvalue weighted by Crippen LogP contribution is 2.34. The first-order chi connectivity index (χ1) is 8.50. The molecule has 0 fully saturated rings. The molecular weight excluding hydrogens is 248 g/mol. The fourth-order valence-electron chi connectivity index (χ4n) is 2.18. The van der Waals surface area contributed by atoms with Crippen LogP contribution in [0.15, 0.2) is 41.9 Å². The highest BCUT2D eigenvalue weighted by molar-refractivity contribution is 6.32. The van der Waals surface area contributed by atoms with E-state index in [9.17, 15) is 5.11 Å². The maximum Gasteiger partial charge on any atom is 0.285 e. The van der Waals surface area contributed by atoms with Gasteiger partial charge >= 0.3 is 0 Å². The van der Waals surface area contributed by atoms with E-state index in [0.29, 0.717) is 16.5 Å². The summed E-state index contributed by atoms with van der Waals surface area (Å²) in [5.74, 6) is 0.267. The zero-order valence-electron chi connectivity index (χ0n) is 10.8. The molecule has 0 aromatic heterocycles. The Morgan fingerprint density at radius 2 is 1.94 bits per heavy atom. The molecule has 1 aromatic rings. The molecule has 1 heterocycles. The van der Waals surface area contributed by atoms with Crippen molar-refractivity contribution >= 4 is 17.2 Å². The zero-order chi connectivity index (χ0) is 13.3. The van der Waals surface area contributed by atoms with Gasteiger partial charge in [-0.25, -0.2) is 0 Å². The van der Waals surface area contributed by atoms with Crippen LogP contribution >= 0.6 is 11.6 Å². The normalized spacial score (nSPS) is 19.8. The largest absolute Gasteiger partial charge is 0.481 e. The molecule has 1 aromatic carbocycles. The fraction of sp³-hybridized carbons (Fsp3) is 0.333. The van der Waals surface area contributed by atoms with Gasteiger partial charge < -0.3 is 9.84 Å². The van der Waals surface area contributed by atoms with E-state index in [1.165, 1.54) is 0 Å². The van der Waals surface area contributed by atoms with Crippen LogP contribution in [0, 0.1) is 5.92 Å². The first kappa shape index (κ1) is 13.0. The molecule has 1 aliphatic heterocycles. The third-order valence-corrected chi connectivity index (χ3v) is 3.39. The summed E-state index contributed by atoms with van der Waals surface area (Å²) < 4.78 is 5.59. The quantitative estimate of drug-likeness (QED) is 0.848. The van der Waals surface area contributed by atoms with Crippen molar-refractivity contribution in [3.8, 4) is 0 Å². The predicted molar refractivity (Wildman–Crippen MR) is 74.5 cm³/mol. The molecule has 0 aliphatic carbocycles. The topological polar surface area (TPSA) is 29.5 Å². The first-order valence-corrected chi connectivity index (χ1v) is 6.41. The molecule has 1 aliphatic rings. The molecular formula is C15H17ClO2. The van der Waals surface area contributed by atoms with Gasteiger partial charge in [-0.05, 0) is 30.6 Å². The minimum atomic E-state index is -0.0729. The van der Waals surface area contributed by atoms with Crippen molar-refractivity contribution in [3.63, 3.8) is 0 Å². The van der Waals surface area contributed by atoms with Crippen LogP contribution in [0.1, 0.15) is 26.3 Å². The van der Waals surface area contributed by atoms with Crippen LogP contribution in [0.2, 0.25) is 5.02 Å². The molecule has 0 spiro atoms. The Bertz CT molecular complexity index is 515. The molecule has 0 saturated carbocycles. The Labute approximate surface area is 113 Å². The van der Waals surface area contributed by atoms with Gasteiger partial charge in [0.15, 0.2) is 0 Å². The van der Waals surface area contributed by atoms with Gasteiger partial charge in [-0.1, -0.05) is 43.6 Å². The van der Waals surface area contributed by atoms with Crippen molar-refractivity contribution in [2.24, 2.45) is 5.92 Å². The summed E-state index contributed by atoms with van der Waals surface area (Å²) in [7, 11) is 0. The molecule has 0 bridgehead atoms. The number of ether oxygens (including phenoxy) is 1. The summed E-state index contributed by atoms with van der Waals surface area (Å²) >= 11 is 6.14. The minimum Gasteiger partial charge on any atom is -0.481 e. The molecule has 0 saturated heterocycles. The number of hydrogen-bond donors (Lipinski definition) is 1. The zero-order valence-corrected chi connectivity index (χ0v) is 11.5. The van der Waals surface area contributed by atoms with Crippen molar-refractivity contribution in [2.45, 2.75) is 26.9 Å². The molecule has 1 atom stereocenters. The van der Waals surface area contributed by atoms with Crippen LogP contribution in [-0.4, -0.2) is 11.2 Å². The van der Waals surface area contributed by atoms with Crippen molar-refractivity contribution in [1.29, 1.82) is 0 Å². The van der Waals surface area contributed by atoms with E-state index in [0.717, 1.165) is 11.1 Å². The van der Waals surface area contributed by atoms with E-state index in [2.05, 4.69) is 13.8 Å². The number of aliphatic hydroxyl groups is 1. The third kappa shape index (κ3) is 2.39. The van der Waals surface area contributed by atoms with Crippen molar-refractivity contribution in [1.82, 2.24) is 0 Å². The summed E-state index contributed by atoms with van der Waals surface area (Å²) in [6, 6.07) is 7.42. The highest BCUT2D eigenvalue weighted by Gasteiger charge is 2.25. The van der Waals surface area contributed by atoms with Gasteiger partial charge in [0.1, 0.15) is 6.10 Å². The van der Waals surface area contributed by atoms with Gasteiger partial charge in [-0.15, -0.1) is 0 Å². The lowest BCUT2D eigenvalue weighted by molar-refractivity contribution is 0.0267. The maximum absolute atomic E-state index is 10.0. The lowest BCUT2D eigenvalue weighted by atomic mass is 9.94. The van der Waals surface area contributed by atoms with Crippen molar-refractivity contribution < 1.29 is 9.84 Å². The van der Waals surface area contributed by atoms with Crippen LogP contribution in [0.5, 0.6) is 0 Å². The number of rotatable bonds is 2. The summed E-state index contributed by atoms with van der Waals surface area (Å²) in [5.41, 5.74) is 2.53. The highest BCUT2D eigenvalue weighted by atomic mass is 35.5. The second-order valence-electron chi connectivity index (χ2n) is 4.87. The van der Waals surface area contributed by atoms with Crippen molar-refractivity contribution in [2.75, 3.05) is 0 Å². The Balaban J connectivity index is 2.42. The van der Waals surface area contributed by atoms with Crippen molar-refractivity contribution in [3.05, 3.63) is 52.4 Å². The van der Waals surface area contributed by atoms with Crippen LogP contribution in [0.3, 0.4) is 0 Å². The van der Waals surface area contributed by atoms with E-state index >= 15 is 0 Å². The Morgan fingerprint density at radius 1 is 1.28 bits per heavy atom. The predicted octanol–water partition coefficient (Wildman–Crippen LogP) is 4.57. The second-order valence-corrected chi connectivity index (χ2v) is 5.28. The summed E-state index contributed by atoms with van der Waals surface area (Å²) in [6.45, 7) is 6.14. The smallest absolute Gasteiger partial charge is 0.285 e. The van der Waals surface area contributed by atoms with Crippen LogP contribution in [-0.2, 0) is 4.74 Å². The third-order valence-electron chi connectivity index (χ3n) is 3.06. The van der Waals surface area contributed by atoms with E-state index in [4.69, 9.17) is 16.3 Å². The number of aliphatic hydroxyl groups excluding tert-OH is 1. The average Bonchev–Trinajstić information content (AvgIpc) is 2.32. The van der Waals surface area contributed by atoms with E-state index in [1.54, 1.807) is 6.07 Å². The van der Waals surface area contributed by atoms with Crippen LogP contribution < -0.4 is 0 Å². The summed E-state index contributed by atoms with van der Waals surface area (Å²) in [5, 5.41) is 10.6. The molecule has 18 heavy (non-hydrogen) atoms. The molecule has 2 nitrogen and oxygen atoms in total. The average molecular weight is 265 g/mol. The van der Waals surface area contributed by atoms with Gasteiger partial charge in [-0.3, -0.25) is 0 Å². The van der Waals surface area contributed by atoms with E-state index < -0.39 is 0 Å². The summed E-state index contributed by atoms with van der Waals surface area (Å²) in [4.78, 5) is 0. The maximum atomic E-state index is 10.0. The molecule has 1 N–H and O–H groups in total. The van der Waals surface area contributed by atoms with Crippen LogP contribution in [0.25, 0.3) is 5.57 Å². The van der Waals surface area contributed by atoms with E-state index in [1.807, 2.05) is 31.2 Å². The molecule has 0 radical (unpaired) electrons. The molecule has 0 amide bonds. The van der Waals surface area contributed by atoms with E-state index in [-0.39, 0.29) is 12.0 Å². The van der Waals surface area contributed by atoms with Crippen LogP contribution in [0.4, 0.5) is 0 Å². The number of allylic oxidation sites excluding steroid dienone is 2. The molecule has 2 rings (SSSR count).